The van der Waals surface area contributed by atoms with Crippen LogP contribution in [0.15, 0.2) is 72.8 Å². The summed E-state index contributed by atoms with van der Waals surface area (Å²) >= 11 is 0. The van der Waals surface area contributed by atoms with Gasteiger partial charge in [-0.05, 0) is 47.7 Å². The van der Waals surface area contributed by atoms with E-state index in [1.807, 2.05) is 44.2 Å². The summed E-state index contributed by atoms with van der Waals surface area (Å²) in [5.74, 6) is -0.709. The minimum absolute atomic E-state index is 0.0847. The monoisotopic (exact) mass is 454 g/mol. The fourth-order valence-electron chi connectivity index (χ4n) is 4.65. The lowest BCUT2D eigenvalue weighted by atomic mass is 9.94. The topological polar surface area (TPSA) is 59.5 Å². The molecule has 2 amide bonds. The van der Waals surface area contributed by atoms with Crippen LogP contribution in [0.2, 0.25) is 0 Å². The standard InChI is InChI=1S/C28H23FN2O3/c1-16(2)25(31-27(32)19-8-4-5-9-20(19)28(31)33)21-13-14-24(30-26(21)34-3)18-12-11-17-7-6-10-23(29)22(17)15-18/h4-16,25H,1-3H3. The number of pyridine rings is 1. The number of halogens is 1. The number of amides is 2. The first-order valence-corrected chi connectivity index (χ1v) is 11.1. The molecule has 4 aromatic rings. The molecule has 0 radical (unpaired) electrons. The molecule has 0 N–H and O–H groups in total. The minimum atomic E-state index is -0.557. The number of fused-ring (bicyclic) bond motifs is 2. The van der Waals surface area contributed by atoms with Gasteiger partial charge < -0.3 is 4.74 Å². The molecule has 0 aliphatic carbocycles. The van der Waals surface area contributed by atoms with Crippen molar-refractivity contribution in [1.29, 1.82) is 0 Å². The van der Waals surface area contributed by atoms with E-state index in [-0.39, 0.29) is 23.5 Å². The first kappa shape index (κ1) is 21.8. The lowest BCUT2D eigenvalue weighted by molar-refractivity contribution is 0.0535. The molecule has 1 aliphatic heterocycles. The Morgan fingerprint density at radius 3 is 2.24 bits per heavy atom. The number of hydrogen-bond acceptors (Lipinski definition) is 4. The number of methoxy groups -OCH3 is 1. The van der Waals surface area contributed by atoms with Crippen molar-refractivity contribution >= 4 is 22.6 Å². The fraction of sp³-hybridized carbons (Fsp3) is 0.179. The molecule has 3 aromatic carbocycles. The lowest BCUT2D eigenvalue weighted by Crippen LogP contribution is -2.37. The Morgan fingerprint density at radius 2 is 1.59 bits per heavy atom. The van der Waals surface area contributed by atoms with Crippen LogP contribution in [0.4, 0.5) is 4.39 Å². The number of imide groups is 1. The number of benzene rings is 3. The molecule has 1 unspecified atom stereocenters. The molecule has 0 spiro atoms. The van der Waals surface area contributed by atoms with Crippen LogP contribution in [-0.2, 0) is 0 Å². The third-order valence-electron chi connectivity index (χ3n) is 6.26. The fourth-order valence-corrected chi connectivity index (χ4v) is 4.65. The summed E-state index contributed by atoms with van der Waals surface area (Å²) in [6.07, 6.45) is 0. The van der Waals surface area contributed by atoms with E-state index in [4.69, 9.17) is 4.74 Å². The highest BCUT2D eigenvalue weighted by Crippen LogP contribution is 2.40. The van der Waals surface area contributed by atoms with Gasteiger partial charge in [-0.25, -0.2) is 9.37 Å². The Balaban J connectivity index is 1.58. The zero-order valence-electron chi connectivity index (χ0n) is 19.1. The molecule has 1 aliphatic rings. The molecule has 6 heteroatoms. The second kappa shape index (κ2) is 8.37. The molecule has 1 atom stereocenters. The van der Waals surface area contributed by atoms with Crippen molar-refractivity contribution in [2.75, 3.05) is 7.11 Å². The number of rotatable bonds is 5. The summed E-state index contributed by atoms with van der Waals surface area (Å²) in [4.78, 5) is 32.3. The van der Waals surface area contributed by atoms with Crippen LogP contribution in [0, 0.1) is 11.7 Å². The van der Waals surface area contributed by atoms with Crippen LogP contribution in [0.1, 0.15) is 46.2 Å². The quantitative estimate of drug-likeness (QED) is 0.345. The molecule has 5 rings (SSSR count). The van der Waals surface area contributed by atoms with E-state index in [0.717, 1.165) is 10.9 Å². The molecule has 0 bridgehead atoms. The van der Waals surface area contributed by atoms with Gasteiger partial charge in [-0.2, -0.15) is 0 Å². The molecule has 170 valence electrons. The summed E-state index contributed by atoms with van der Waals surface area (Å²) in [5, 5.41) is 1.31. The normalized spacial score (nSPS) is 14.1. The highest BCUT2D eigenvalue weighted by molar-refractivity contribution is 6.21. The Bertz CT molecular complexity index is 1410. The van der Waals surface area contributed by atoms with Gasteiger partial charge in [0.25, 0.3) is 11.8 Å². The second-order valence-electron chi connectivity index (χ2n) is 8.69. The van der Waals surface area contributed by atoms with Crippen LogP contribution in [0.5, 0.6) is 5.88 Å². The van der Waals surface area contributed by atoms with Gasteiger partial charge >= 0.3 is 0 Å². The largest absolute Gasteiger partial charge is 0.481 e. The third kappa shape index (κ3) is 3.43. The van der Waals surface area contributed by atoms with E-state index >= 15 is 0 Å². The molecule has 0 saturated heterocycles. The number of aromatic nitrogens is 1. The van der Waals surface area contributed by atoms with E-state index in [1.165, 1.54) is 18.1 Å². The van der Waals surface area contributed by atoms with Gasteiger partial charge in [0, 0.05) is 16.5 Å². The van der Waals surface area contributed by atoms with Gasteiger partial charge in [-0.1, -0.05) is 50.2 Å². The molecule has 0 saturated carbocycles. The van der Waals surface area contributed by atoms with Crippen molar-refractivity contribution in [3.8, 4) is 17.1 Å². The van der Waals surface area contributed by atoms with Gasteiger partial charge in [0.15, 0.2) is 0 Å². The summed E-state index contributed by atoms with van der Waals surface area (Å²) in [5.41, 5.74) is 2.79. The number of carbonyl (C=O) groups excluding carboxylic acids is 2. The van der Waals surface area contributed by atoms with Gasteiger partial charge in [-0.3, -0.25) is 14.5 Å². The highest BCUT2D eigenvalue weighted by Gasteiger charge is 2.42. The average Bonchev–Trinajstić information content (AvgIpc) is 3.10. The van der Waals surface area contributed by atoms with Crippen molar-refractivity contribution < 1.29 is 18.7 Å². The molecule has 34 heavy (non-hydrogen) atoms. The first-order valence-electron chi connectivity index (χ1n) is 11.1. The Morgan fingerprint density at radius 1 is 0.882 bits per heavy atom. The van der Waals surface area contributed by atoms with Crippen molar-refractivity contribution in [3.63, 3.8) is 0 Å². The maximum atomic E-state index is 14.3. The van der Waals surface area contributed by atoms with Gasteiger partial charge in [-0.15, -0.1) is 0 Å². The Labute approximate surface area is 196 Å². The summed E-state index contributed by atoms with van der Waals surface area (Å²) in [7, 11) is 1.51. The van der Waals surface area contributed by atoms with Gasteiger partial charge in [0.05, 0.1) is 30.0 Å². The van der Waals surface area contributed by atoms with Gasteiger partial charge in [0.1, 0.15) is 5.82 Å². The minimum Gasteiger partial charge on any atom is -0.481 e. The molecule has 5 nitrogen and oxygen atoms in total. The molecular formula is C28H23FN2O3. The van der Waals surface area contributed by atoms with Gasteiger partial charge in [0.2, 0.25) is 5.88 Å². The Kier molecular flexibility index (Phi) is 5.36. The van der Waals surface area contributed by atoms with E-state index in [0.29, 0.717) is 33.7 Å². The number of hydrogen-bond donors (Lipinski definition) is 0. The SMILES string of the molecule is COc1nc(-c2ccc3cccc(F)c3c2)ccc1C(C(C)C)N1C(=O)c2ccccc2C1=O. The zero-order valence-corrected chi connectivity index (χ0v) is 19.1. The lowest BCUT2D eigenvalue weighted by Gasteiger charge is -2.30. The third-order valence-corrected chi connectivity index (χ3v) is 6.26. The number of nitrogens with zero attached hydrogens (tertiary/aromatic N) is 2. The van der Waals surface area contributed by atoms with Crippen LogP contribution in [0.25, 0.3) is 22.0 Å². The molecule has 0 fully saturated rings. The van der Waals surface area contributed by atoms with E-state index in [2.05, 4.69) is 4.98 Å². The zero-order chi connectivity index (χ0) is 24.0. The maximum absolute atomic E-state index is 14.3. The predicted molar refractivity (Wildman–Crippen MR) is 128 cm³/mol. The molecule has 1 aromatic heterocycles. The van der Waals surface area contributed by atoms with Crippen molar-refractivity contribution in [3.05, 3.63) is 95.3 Å². The van der Waals surface area contributed by atoms with Crippen LogP contribution in [-0.4, -0.2) is 28.8 Å². The van der Waals surface area contributed by atoms with Crippen molar-refractivity contribution in [2.24, 2.45) is 5.92 Å². The van der Waals surface area contributed by atoms with E-state index in [1.54, 1.807) is 36.4 Å². The van der Waals surface area contributed by atoms with Crippen LogP contribution < -0.4 is 4.74 Å². The second-order valence-corrected chi connectivity index (χ2v) is 8.69. The van der Waals surface area contributed by atoms with Crippen LogP contribution in [0.3, 0.4) is 0 Å². The van der Waals surface area contributed by atoms with Crippen LogP contribution >= 0.6 is 0 Å². The van der Waals surface area contributed by atoms with Crippen molar-refractivity contribution in [1.82, 2.24) is 9.88 Å². The average molecular weight is 455 g/mol. The van der Waals surface area contributed by atoms with Crippen molar-refractivity contribution in [2.45, 2.75) is 19.9 Å². The Hall–Kier alpha value is -4.06. The number of ether oxygens (including phenoxy) is 1. The predicted octanol–water partition coefficient (Wildman–Crippen LogP) is 6.04. The maximum Gasteiger partial charge on any atom is 0.262 e. The highest BCUT2D eigenvalue weighted by atomic mass is 19.1. The smallest absolute Gasteiger partial charge is 0.262 e. The summed E-state index contributed by atoms with van der Waals surface area (Å²) in [6, 6.07) is 20.4. The first-order chi connectivity index (χ1) is 16.4. The molecular weight excluding hydrogens is 431 g/mol. The molecule has 2 heterocycles. The summed E-state index contributed by atoms with van der Waals surface area (Å²) < 4.78 is 20.0. The number of carbonyl (C=O) groups is 2. The van der Waals surface area contributed by atoms with E-state index < -0.39 is 6.04 Å². The van der Waals surface area contributed by atoms with E-state index in [9.17, 15) is 14.0 Å². The summed E-state index contributed by atoms with van der Waals surface area (Å²) in [6.45, 7) is 3.90.